The number of hydrogen-bond acceptors (Lipinski definition) is 2. The number of rotatable bonds is 5. The SMILES string of the molecule is CCN(Cc1ccc(-c2cc3nc[nH]c3cc2C)cc1C)C1CCCCC1.Cl.Cl. The van der Waals surface area contributed by atoms with Gasteiger partial charge in [-0.15, -0.1) is 24.8 Å². The van der Waals surface area contributed by atoms with E-state index in [0.29, 0.717) is 0 Å². The van der Waals surface area contributed by atoms with Crippen molar-refractivity contribution < 1.29 is 0 Å². The summed E-state index contributed by atoms with van der Waals surface area (Å²) in [7, 11) is 0. The van der Waals surface area contributed by atoms with Crippen molar-refractivity contribution in [3.63, 3.8) is 0 Å². The highest BCUT2D eigenvalue weighted by Gasteiger charge is 2.20. The Morgan fingerprint density at radius 1 is 1.00 bits per heavy atom. The molecule has 1 saturated carbocycles. The first-order valence-electron chi connectivity index (χ1n) is 10.4. The quantitative estimate of drug-likeness (QED) is 0.477. The Labute approximate surface area is 187 Å². The summed E-state index contributed by atoms with van der Waals surface area (Å²) in [6.07, 6.45) is 8.72. The third-order valence-electron chi connectivity index (χ3n) is 6.29. The minimum atomic E-state index is 0. The van der Waals surface area contributed by atoms with E-state index in [1.807, 2.05) is 0 Å². The summed E-state index contributed by atoms with van der Waals surface area (Å²) in [5.74, 6) is 0. The summed E-state index contributed by atoms with van der Waals surface area (Å²) in [4.78, 5) is 10.3. The minimum absolute atomic E-state index is 0. The number of aromatic amines is 1. The van der Waals surface area contributed by atoms with Gasteiger partial charge in [0.25, 0.3) is 0 Å². The fraction of sp³-hybridized carbons (Fsp3) is 0.458. The van der Waals surface area contributed by atoms with Gasteiger partial charge in [0.05, 0.1) is 17.4 Å². The summed E-state index contributed by atoms with van der Waals surface area (Å²) in [5.41, 5.74) is 8.86. The number of benzene rings is 2. The van der Waals surface area contributed by atoms with Crippen molar-refractivity contribution in [1.82, 2.24) is 14.9 Å². The number of aromatic nitrogens is 2. The largest absolute Gasteiger partial charge is 0.345 e. The smallest absolute Gasteiger partial charge is 0.0931 e. The third kappa shape index (κ3) is 5.14. The summed E-state index contributed by atoms with van der Waals surface area (Å²) in [6, 6.07) is 12.2. The molecular weight excluding hydrogens is 401 g/mol. The molecule has 4 rings (SSSR count). The van der Waals surface area contributed by atoms with Gasteiger partial charge in [0, 0.05) is 12.6 Å². The predicted molar refractivity (Wildman–Crippen MR) is 128 cm³/mol. The zero-order chi connectivity index (χ0) is 18.8. The van der Waals surface area contributed by atoms with E-state index in [1.165, 1.54) is 59.9 Å². The number of nitrogens with one attached hydrogen (secondary N) is 1. The lowest BCUT2D eigenvalue weighted by molar-refractivity contribution is 0.155. The number of H-pyrrole nitrogens is 1. The van der Waals surface area contributed by atoms with Gasteiger partial charge in [0.15, 0.2) is 0 Å². The normalized spacial score (nSPS) is 14.6. The standard InChI is InChI=1S/C24H31N3.2ClH/c1-4-27(21-8-6-5-7-9-21)15-20-11-10-19(12-17(20)2)22-14-24-23(13-18(22)3)25-16-26-24;;/h10-14,16,21H,4-9,15H2,1-3H3,(H,25,26);2*1H. The van der Waals surface area contributed by atoms with E-state index in [0.717, 1.165) is 30.2 Å². The van der Waals surface area contributed by atoms with E-state index >= 15 is 0 Å². The molecule has 3 nitrogen and oxygen atoms in total. The van der Waals surface area contributed by atoms with Gasteiger partial charge >= 0.3 is 0 Å². The molecule has 0 bridgehead atoms. The first-order valence-corrected chi connectivity index (χ1v) is 10.4. The van der Waals surface area contributed by atoms with Crippen molar-refractivity contribution >= 4 is 35.8 Å². The molecule has 0 atom stereocenters. The Hall–Kier alpha value is -1.55. The highest BCUT2D eigenvalue weighted by Crippen LogP contribution is 2.30. The monoisotopic (exact) mass is 433 g/mol. The molecule has 0 unspecified atom stereocenters. The van der Waals surface area contributed by atoms with Gasteiger partial charge in [-0.3, -0.25) is 4.90 Å². The maximum atomic E-state index is 4.43. The van der Waals surface area contributed by atoms with Crippen LogP contribution in [0.1, 0.15) is 55.7 Å². The molecule has 1 fully saturated rings. The molecule has 1 aliphatic rings. The highest BCUT2D eigenvalue weighted by atomic mass is 35.5. The number of imidazole rings is 1. The molecule has 0 saturated heterocycles. The van der Waals surface area contributed by atoms with Crippen LogP contribution >= 0.6 is 24.8 Å². The Bertz CT molecular complexity index is 929. The van der Waals surface area contributed by atoms with E-state index in [-0.39, 0.29) is 24.8 Å². The predicted octanol–water partition coefficient (Wildman–Crippen LogP) is 6.84. The minimum Gasteiger partial charge on any atom is -0.345 e. The lowest BCUT2D eigenvalue weighted by Crippen LogP contribution is -2.36. The number of hydrogen-bond donors (Lipinski definition) is 1. The van der Waals surface area contributed by atoms with Crippen LogP contribution in [-0.2, 0) is 6.54 Å². The third-order valence-corrected chi connectivity index (χ3v) is 6.29. The molecule has 0 radical (unpaired) electrons. The van der Waals surface area contributed by atoms with Gasteiger partial charge < -0.3 is 4.98 Å². The van der Waals surface area contributed by atoms with Gasteiger partial charge in [-0.1, -0.05) is 44.4 Å². The number of nitrogens with zero attached hydrogens (tertiary/aromatic N) is 2. The molecule has 1 aromatic heterocycles. The zero-order valence-corrected chi connectivity index (χ0v) is 19.3. The van der Waals surface area contributed by atoms with Crippen molar-refractivity contribution in [3.8, 4) is 11.1 Å². The Morgan fingerprint density at radius 2 is 1.76 bits per heavy atom. The van der Waals surface area contributed by atoms with Gasteiger partial charge in [-0.25, -0.2) is 4.98 Å². The summed E-state index contributed by atoms with van der Waals surface area (Å²) >= 11 is 0. The van der Waals surface area contributed by atoms with Crippen molar-refractivity contribution in [2.75, 3.05) is 6.54 Å². The van der Waals surface area contributed by atoms with Crippen LogP contribution < -0.4 is 0 Å². The van der Waals surface area contributed by atoms with Crippen LogP contribution in [0.3, 0.4) is 0 Å². The van der Waals surface area contributed by atoms with Crippen molar-refractivity contribution in [1.29, 1.82) is 0 Å². The summed E-state index contributed by atoms with van der Waals surface area (Å²) in [6.45, 7) is 8.96. The van der Waals surface area contributed by atoms with E-state index < -0.39 is 0 Å². The Kier molecular flexibility index (Phi) is 8.57. The molecule has 5 heteroatoms. The molecular formula is C24H33Cl2N3. The Balaban J connectivity index is 0.00000150. The van der Waals surface area contributed by atoms with Crippen LogP contribution in [0.2, 0.25) is 0 Å². The average molecular weight is 434 g/mol. The Morgan fingerprint density at radius 3 is 2.45 bits per heavy atom. The molecule has 158 valence electrons. The van der Waals surface area contributed by atoms with Crippen LogP contribution in [0.25, 0.3) is 22.2 Å². The first kappa shape index (κ1) is 23.7. The lowest BCUT2D eigenvalue weighted by atomic mass is 9.93. The van der Waals surface area contributed by atoms with Crippen LogP contribution in [0, 0.1) is 13.8 Å². The van der Waals surface area contributed by atoms with E-state index in [1.54, 1.807) is 6.33 Å². The van der Waals surface area contributed by atoms with E-state index in [2.05, 4.69) is 66.0 Å². The van der Waals surface area contributed by atoms with Crippen LogP contribution in [0.15, 0.2) is 36.7 Å². The number of halogens is 2. The average Bonchev–Trinajstić information content (AvgIpc) is 3.14. The molecule has 0 aliphatic heterocycles. The topological polar surface area (TPSA) is 31.9 Å². The van der Waals surface area contributed by atoms with Crippen LogP contribution in [0.4, 0.5) is 0 Å². The van der Waals surface area contributed by atoms with Gasteiger partial charge in [0.2, 0.25) is 0 Å². The van der Waals surface area contributed by atoms with Crippen molar-refractivity contribution in [2.45, 2.75) is 65.5 Å². The van der Waals surface area contributed by atoms with Crippen LogP contribution in [-0.4, -0.2) is 27.5 Å². The maximum absolute atomic E-state index is 4.43. The van der Waals surface area contributed by atoms with E-state index in [4.69, 9.17) is 0 Å². The highest BCUT2D eigenvalue weighted by molar-refractivity contribution is 5.86. The molecule has 2 aromatic carbocycles. The summed E-state index contributed by atoms with van der Waals surface area (Å²) in [5, 5.41) is 0. The maximum Gasteiger partial charge on any atom is 0.0931 e. The zero-order valence-electron chi connectivity index (χ0n) is 17.7. The van der Waals surface area contributed by atoms with Crippen molar-refractivity contribution in [3.05, 3.63) is 53.3 Å². The fourth-order valence-electron chi connectivity index (χ4n) is 4.61. The molecule has 1 aliphatic carbocycles. The number of aryl methyl sites for hydroxylation is 2. The second-order valence-electron chi connectivity index (χ2n) is 8.08. The second kappa shape index (κ2) is 10.5. The van der Waals surface area contributed by atoms with Crippen molar-refractivity contribution in [2.24, 2.45) is 0 Å². The molecule has 1 N–H and O–H groups in total. The van der Waals surface area contributed by atoms with Gasteiger partial charge in [-0.2, -0.15) is 0 Å². The summed E-state index contributed by atoms with van der Waals surface area (Å²) < 4.78 is 0. The van der Waals surface area contributed by atoms with Gasteiger partial charge in [0.1, 0.15) is 0 Å². The molecule has 0 amide bonds. The fourth-order valence-corrected chi connectivity index (χ4v) is 4.61. The van der Waals surface area contributed by atoms with Gasteiger partial charge in [-0.05, 0) is 73.2 Å². The molecule has 3 aromatic rings. The molecule has 0 spiro atoms. The van der Waals surface area contributed by atoms with Crippen LogP contribution in [0.5, 0.6) is 0 Å². The van der Waals surface area contributed by atoms with E-state index in [9.17, 15) is 0 Å². The second-order valence-corrected chi connectivity index (χ2v) is 8.08. The lowest BCUT2D eigenvalue weighted by Gasteiger charge is -2.34. The molecule has 29 heavy (non-hydrogen) atoms. The molecule has 1 heterocycles. The first-order chi connectivity index (χ1) is 13.2. The number of fused-ring (bicyclic) bond motifs is 1.